The molecule has 0 bridgehead atoms. The van der Waals surface area contributed by atoms with Crippen LogP contribution in [0, 0.1) is 0 Å². The van der Waals surface area contributed by atoms with Crippen LogP contribution >= 0.6 is 32.5 Å². The average Bonchev–Trinajstić information content (AvgIpc) is 2.00. The van der Waals surface area contributed by atoms with Crippen molar-refractivity contribution >= 4 is 41.7 Å². The van der Waals surface area contributed by atoms with Crippen LogP contribution in [0.3, 0.4) is 0 Å². The summed E-state index contributed by atoms with van der Waals surface area (Å²) >= 11 is 1.49. The normalized spacial score (nSPS) is 16.0. The average molecular weight is 284 g/mol. The summed E-state index contributed by atoms with van der Waals surface area (Å²) < 4.78 is 2.47. The van der Waals surface area contributed by atoms with Gasteiger partial charge in [0.15, 0.2) is 5.17 Å². The van der Waals surface area contributed by atoms with Gasteiger partial charge in [0.1, 0.15) is 0 Å². The predicted molar refractivity (Wildman–Crippen MR) is 64.9 cm³/mol. The molecule has 2 N–H and O–H groups in total. The minimum atomic E-state index is -0.00159. The predicted octanol–water partition coefficient (Wildman–Crippen LogP) is 1.97. The topological polar surface area (TPSA) is 38.4 Å². The Kier molecular flexibility index (Phi) is 6.94. The number of allylic oxidation sites excluding steroid dienone is 1. The Labute approximate surface area is 82.1 Å². The highest BCUT2D eigenvalue weighted by Crippen LogP contribution is 2.10. The second-order valence-electron chi connectivity index (χ2n) is 1.73. The molecule has 0 amide bonds. The van der Waals surface area contributed by atoms with E-state index in [9.17, 15) is 0 Å². The lowest BCUT2D eigenvalue weighted by atomic mass is 10.8. The van der Waals surface area contributed by atoms with Crippen LogP contribution in [-0.4, -0.2) is 19.5 Å². The maximum absolute atomic E-state index is 5.54. The van der Waals surface area contributed by atoms with Crippen LogP contribution in [-0.2, 0) is 0 Å². The molecule has 0 aromatic rings. The van der Waals surface area contributed by atoms with Crippen molar-refractivity contribution < 1.29 is 0 Å². The monoisotopic (exact) mass is 284 g/mol. The van der Waals surface area contributed by atoms with Gasteiger partial charge in [-0.05, 0) is 17.2 Å². The van der Waals surface area contributed by atoms with Crippen molar-refractivity contribution in [3.8, 4) is 0 Å². The van der Waals surface area contributed by atoms with Crippen LogP contribution in [0.15, 0.2) is 17.6 Å². The van der Waals surface area contributed by atoms with Gasteiger partial charge in [-0.25, -0.2) is 4.99 Å². The molecule has 0 spiro atoms. The summed E-state index contributed by atoms with van der Waals surface area (Å²) in [6.07, 6.45) is 3.76. The summed E-state index contributed by atoms with van der Waals surface area (Å²) in [6.45, 7) is 5.70. The van der Waals surface area contributed by atoms with Gasteiger partial charge in [-0.3, -0.25) is 0 Å². The van der Waals surface area contributed by atoms with Gasteiger partial charge in [-0.2, -0.15) is 0 Å². The van der Waals surface area contributed by atoms with Crippen molar-refractivity contribution in [3.63, 3.8) is 0 Å². The summed E-state index contributed by atoms with van der Waals surface area (Å²) in [6, 6.07) is 0. The van der Waals surface area contributed by atoms with Crippen molar-refractivity contribution in [1.29, 1.82) is 0 Å². The first-order valence-electron chi connectivity index (χ1n) is 3.14. The highest BCUT2D eigenvalue weighted by molar-refractivity contribution is 14.2. The first kappa shape index (κ1) is 11.2. The van der Waals surface area contributed by atoms with E-state index in [1.54, 1.807) is 0 Å². The van der Waals surface area contributed by atoms with Gasteiger partial charge in [0.25, 0.3) is 0 Å². The third kappa shape index (κ3) is 6.55. The van der Waals surface area contributed by atoms with Crippen molar-refractivity contribution in [3.05, 3.63) is 12.7 Å². The summed E-state index contributed by atoms with van der Waals surface area (Å²) in [5.74, 6) is 0. The number of hydrogen-bond acceptors (Lipinski definition) is 2. The highest BCUT2D eigenvalue weighted by Gasteiger charge is 1.93. The third-order valence-electron chi connectivity index (χ3n) is 0.858. The van der Waals surface area contributed by atoms with Gasteiger partial charge in [-0.1, -0.05) is 45.1 Å². The second kappa shape index (κ2) is 6.84. The molecule has 0 saturated heterocycles. The molecule has 0 aromatic carbocycles. The molecule has 0 aliphatic carbocycles. The molecule has 0 radical (unpaired) electrons. The van der Waals surface area contributed by atoms with Crippen molar-refractivity contribution in [2.45, 2.75) is 11.0 Å². The van der Waals surface area contributed by atoms with Crippen molar-refractivity contribution in [1.82, 2.24) is 0 Å². The number of hydrogen-bond donors (Lipinski definition) is 1. The first-order chi connectivity index (χ1) is 5.20. The van der Waals surface area contributed by atoms with E-state index in [4.69, 9.17) is 5.73 Å². The zero-order valence-electron chi connectivity index (χ0n) is 6.75. The molecule has 0 aromatic heterocycles. The van der Waals surface area contributed by atoms with E-state index in [0.717, 1.165) is 0 Å². The molecule has 4 heteroatoms. The third-order valence-corrected chi connectivity index (χ3v) is 3.63. The lowest BCUT2D eigenvalue weighted by Crippen LogP contribution is -2.07. The lowest BCUT2D eigenvalue weighted by molar-refractivity contribution is 1.09. The van der Waals surface area contributed by atoms with E-state index in [2.05, 4.69) is 22.5 Å². The molecule has 11 heavy (non-hydrogen) atoms. The fraction of sp³-hybridized carbons (Fsp3) is 0.429. The zero-order valence-corrected chi connectivity index (χ0v) is 9.72. The quantitative estimate of drug-likeness (QED) is 0.283. The van der Waals surface area contributed by atoms with E-state index in [-0.39, 0.29) is 20.7 Å². The maximum Gasteiger partial charge on any atom is 0.154 e. The van der Waals surface area contributed by atoms with Gasteiger partial charge < -0.3 is 5.73 Å². The fourth-order valence-electron chi connectivity index (χ4n) is 0.413. The van der Waals surface area contributed by atoms with E-state index in [1.165, 1.54) is 11.8 Å². The van der Waals surface area contributed by atoms with E-state index in [1.807, 2.05) is 12.3 Å². The Morgan fingerprint density at radius 3 is 2.91 bits per heavy atom. The SMILES string of the molecule is C=CC=IC(C)N=C(N)SC. The summed E-state index contributed by atoms with van der Waals surface area (Å²) in [7, 11) is 0. The Hall–Kier alpha value is 0.160. The van der Waals surface area contributed by atoms with Gasteiger partial charge in [0, 0.05) is 0 Å². The number of nitrogens with zero attached hydrogens (tertiary/aromatic N) is 1. The van der Waals surface area contributed by atoms with Crippen LogP contribution in [0.1, 0.15) is 6.92 Å². The molecule has 0 aliphatic heterocycles. The van der Waals surface area contributed by atoms with E-state index >= 15 is 0 Å². The zero-order chi connectivity index (χ0) is 8.69. The Morgan fingerprint density at radius 1 is 1.82 bits per heavy atom. The molecule has 0 rings (SSSR count). The molecule has 64 valence electrons. The summed E-state index contributed by atoms with van der Waals surface area (Å²) in [5.41, 5.74) is 5.54. The first-order valence-corrected chi connectivity index (χ1v) is 6.85. The molecule has 0 heterocycles. The molecule has 0 aliphatic rings. The fourth-order valence-corrected chi connectivity index (χ4v) is 2.22. The standard InChI is InChI=1S/C7H13IN2S/c1-4-5-8-6(2)10-7(9)11-3/h4-6H,1H2,2-3H3,(H2,9,10). The molecule has 0 saturated carbocycles. The molecule has 0 fully saturated rings. The highest BCUT2D eigenvalue weighted by atomic mass is 127. The second-order valence-corrected chi connectivity index (χ2v) is 5.80. The van der Waals surface area contributed by atoms with Crippen LogP contribution in [0.4, 0.5) is 0 Å². The van der Waals surface area contributed by atoms with E-state index < -0.39 is 0 Å². The molecular weight excluding hydrogens is 271 g/mol. The molecular formula is C7H13IN2S. The van der Waals surface area contributed by atoms with Gasteiger partial charge in [-0.15, -0.1) is 0 Å². The molecule has 2 nitrogen and oxygen atoms in total. The molecule has 1 atom stereocenters. The minimum Gasteiger partial charge on any atom is -0.379 e. The Bertz CT molecular complexity index is 177. The van der Waals surface area contributed by atoms with Crippen molar-refractivity contribution in [2.75, 3.05) is 6.26 Å². The Morgan fingerprint density at radius 2 is 2.45 bits per heavy atom. The van der Waals surface area contributed by atoms with Crippen LogP contribution < -0.4 is 5.73 Å². The number of halogens is 1. The van der Waals surface area contributed by atoms with Gasteiger partial charge in [0.05, 0.1) is 4.05 Å². The largest absolute Gasteiger partial charge is 0.379 e. The van der Waals surface area contributed by atoms with Crippen LogP contribution in [0.5, 0.6) is 0 Å². The number of aliphatic imine (C=N–C) groups is 1. The molecule has 1 unspecified atom stereocenters. The Balaban J connectivity index is 3.94. The number of nitrogens with two attached hydrogens (primary N) is 1. The number of thioether (sulfide) groups is 1. The lowest BCUT2D eigenvalue weighted by Gasteiger charge is -1.98. The maximum atomic E-state index is 5.54. The van der Waals surface area contributed by atoms with Crippen molar-refractivity contribution in [2.24, 2.45) is 10.7 Å². The van der Waals surface area contributed by atoms with Crippen LogP contribution in [0.25, 0.3) is 0 Å². The number of rotatable bonds is 3. The van der Waals surface area contributed by atoms with Gasteiger partial charge in [0.2, 0.25) is 0 Å². The summed E-state index contributed by atoms with van der Waals surface area (Å²) in [4.78, 5) is 4.26. The van der Waals surface area contributed by atoms with E-state index in [0.29, 0.717) is 9.22 Å². The minimum absolute atomic E-state index is 0.00159. The summed E-state index contributed by atoms with van der Waals surface area (Å²) in [5, 5.41) is 0.676. The number of amidine groups is 1. The number of alkyl halides is 1. The van der Waals surface area contributed by atoms with Crippen LogP contribution in [0.2, 0.25) is 0 Å². The smallest absolute Gasteiger partial charge is 0.154 e. The van der Waals surface area contributed by atoms with Gasteiger partial charge >= 0.3 is 0 Å².